The van der Waals surface area contributed by atoms with Gasteiger partial charge in [0.15, 0.2) is 0 Å². The monoisotopic (exact) mass is 360 g/mol. The number of carbonyl (C=O) groups is 2. The summed E-state index contributed by atoms with van der Waals surface area (Å²) in [7, 11) is 1.61. The van der Waals surface area contributed by atoms with Crippen LogP contribution >= 0.6 is 0 Å². The van der Waals surface area contributed by atoms with E-state index >= 15 is 0 Å². The molecule has 1 aromatic heterocycles. The van der Waals surface area contributed by atoms with Crippen molar-refractivity contribution >= 4 is 11.9 Å². The molecule has 0 aliphatic rings. The first-order valence-corrected chi connectivity index (χ1v) is 8.38. The molecule has 136 valence electrons. The molecule has 0 saturated heterocycles. The quantitative estimate of drug-likeness (QED) is 0.628. The largest absolute Gasteiger partial charge is 0.545 e. The second kappa shape index (κ2) is 8.14. The molecule has 3 aromatic rings. The Morgan fingerprint density at radius 1 is 1.04 bits per heavy atom. The molecule has 0 N–H and O–H groups in total. The van der Waals surface area contributed by atoms with E-state index in [0.29, 0.717) is 0 Å². The lowest BCUT2D eigenvalue weighted by Crippen LogP contribution is -2.26. The molecule has 6 nitrogen and oxygen atoms in total. The Balaban J connectivity index is 1.94. The highest BCUT2D eigenvalue weighted by molar-refractivity contribution is 5.93. The maximum Gasteiger partial charge on any atom is 0.246 e. The van der Waals surface area contributed by atoms with Crippen molar-refractivity contribution < 1.29 is 14.7 Å². The van der Waals surface area contributed by atoms with E-state index in [2.05, 4.69) is 0 Å². The van der Waals surface area contributed by atoms with Gasteiger partial charge in [0.1, 0.15) is 0 Å². The van der Waals surface area contributed by atoms with Gasteiger partial charge in [0, 0.05) is 37.0 Å². The van der Waals surface area contributed by atoms with Gasteiger partial charge in [-0.05, 0) is 18.2 Å². The predicted octanol–water partition coefficient (Wildman–Crippen LogP) is 1.80. The first-order valence-electron chi connectivity index (χ1n) is 8.38. The summed E-state index contributed by atoms with van der Waals surface area (Å²) in [6, 6.07) is 19.4. The van der Waals surface area contributed by atoms with Crippen molar-refractivity contribution in [1.82, 2.24) is 14.7 Å². The highest BCUT2D eigenvalue weighted by Gasteiger charge is 2.15. The van der Waals surface area contributed by atoms with Crippen molar-refractivity contribution in [2.24, 2.45) is 0 Å². The predicted molar refractivity (Wildman–Crippen MR) is 99.6 cm³/mol. The van der Waals surface area contributed by atoms with E-state index in [1.807, 2.05) is 66.9 Å². The smallest absolute Gasteiger partial charge is 0.246 e. The lowest BCUT2D eigenvalue weighted by molar-refractivity contribution is -0.297. The van der Waals surface area contributed by atoms with Crippen LogP contribution in [0.1, 0.15) is 5.56 Å². The average Bonchev–Trinajstić information content (AvgIpc) is 3.11. The van der Waals surface area contributed by atoms with E-state index in [0.717, 1.165) is 34.7 Å². The molecule has 0 aliphatic heterocycles. The standard InChI is InChI=1S/C21H19N3O3/c1-23(19(25)12-13-20(26)27)14-17-15-24(18-10-6-3-7-11-18)22-21(17)16-8-4-2-5-9-16/h2-13,15H,14H2,1H3,(H,26,27)/p-1/b13-12+. The van der Waals surface area contributed by atoms with Gasteiger partial charge in [-0.15, -0.1) is 0 Å². The summed E-state index contributed by atoms with van der Waals surface area (Å²) in [4.78, 5) is 24.0. The fraction of sp³-hybridized carbons (Fsp3) is 0.0952. The first kappa shape index (κ1) is 18.1. The molecule has 3 rings (SSSR count). The van der Waals surface area contributed by atoms with Crippen LogP contribution in [0.25, 0.3) is 16.9 Å². The SMILES string of the molecule is CN(Cc1cn(-c2ccccc2)nc1-c1ccccc1)C(=O)/C=C/C(=O)[O-]. The third-order valence-electron chi connectivity index (χ3n) is 4.00. The number of carboxylic acid groups (broad SMARTS) is 1. The van der Waals surface area contributed by atoms with Gasteiger partial charge >= 0.3 is 0 Å². The first-order chi connectivity index (χ1) is 13.0. The summed E-state index contributed by atoms with van der Waals surface area (Å²) < 4.78 is 1.77. The van der Waals surface area contributed by atoms with E-state index in [-0.39, 0.29) is 6.54 Å². The fourth-order valence-electron chi connectivity index (χ4n) is 2.68. The van der Waals surface area contributed by atoms with Crippen molar-refractivity contribution in [3.63, 3.8) is 0 Å². The highest BCUT2D eigenvalue weighted by atomic mass is 16.4. The van der Waals surface area contributed by atoms with Crippen LogP contribution in [0.3, 0.4) is 0 Å². The maximum atomic E-state index is 12.1. The Kier molecular flexibility index (Phi) is 5.47. The molecule has 1 heterocycles. The minimum Gasteiger partial charge on any atom is -0.545 e. The van der Waals surface area contributed by atoms with Crippen molar-refractivity contribution in [2.45, 2.75) is 6.54 Å². The van der Waals surface area contributed by atoms with Crippen molar-refractivity contribution in [2.75, 3.05) is 7.05 Å². The van der Waals surface area contributed by atoms with Gasteiger partial charge in [-0.3, -0.25) is 4.79 Å². The molecule has 0 aliphatic carbocycles. The van der Waals surface area contributed by atoms with E-state index in [1.165, 1.54) is 4.90 Å². The number of likely N-dealkylation sites (N-methyl/N-ethyl adjacent to an activating group) is 1. The minimum absolute atomic E-state index is 0.285. The Bertz CT molecular complexity index is 963. The van der Waals surface area contributed by atoms with Crippen LogP contribution in [-0.4, -0.2) is 33.6 Å². The van der Waals surface area contributed by atoms with Gasteiger partial charge < -0.3 is 14.8 Å². The van der Waals surface area contributed by atoms with E-state index in [1.54, 1.807) is 11.7 Å². The van der Waals surface area contributed by atoms with E-state index in [9.17, 15) is 14.7 Å². The summed E-state index contributed by atoms with van der Waals surface area (Å²) in [5, 5.41) is 15.2. The molecule has 0 radical (unpaired) electrons. The molecule has 0 saturated carbocycles. The van der Waals surface area contributed by atoms with Crippen LogP contribution in [-0.2, 0) is 16.1 Å². The van der Waals surface area contributed by atoms with Crippen LogP contribution < -0.4 is 5.11 Å². The lowest BCUT2D eigenvalue weighted by atomic mass is 10.1. The molecule has 0 spiro atoms. The maximum absolute atomic E-state index is 12.1. The summed E-state index contributed by atoms with van der Waals surface area (Å²) in [6.07, 6.45) is 3.59. The van der Waals surface area contributed by atoms with Crippen molar-refractivity contribution in [1.29, 1.82) is 0 Å². The fourth-order valence-corrected chi connectivity index (χ4v) is 2.68. The second-order valence-electron chi connectivity index (χ2n) is 6.00. The summed E-state index contributed by atoms with van der Waals surface area (Å²) in [5.74, 6) is -1.83. The van der Waals surface area contributed by atoms with Gasteiger partial charge in [-0.1, -0.05) is 48.5 Å². The number of carbonyl (C=O) groups excluding carboxylic acids is 2. The molecule has 27 heavy (non-hydrogen) atoms. The topological polar surface area (TPSA) is 78.3 Å². The van der Waals surface area contributed by atoms with E-state index in [4.69, 9.17) is 5.10 Å². The third-order valence-corrected chi connectivity index (χ3v) is 4.00. The molecule has 0 atom stereocenters. The number of rotatable bonds is 6. The van der Waals surface area contributed by atoms with Crippen LogP contribution in [0.5, 0.6) is 0 Å². The molecule has 1 amide bonds. The zero-order valence-electron chi connectivity index (χ0n) is 14.8. The number of nitrogens with zero attached hydrogens (tertiary/aromatic N) is 3. The number of para-hydroxylation sites is 1. The van der Waals surface area contributed by atoms with Gasteiger partial charge in [-0.25, -0.2) is 4.68 Å². The summed E-state index contributed by atoms with van der Waals surface area (Å²) >= 11 is 0. The van der Waals surface area contributed by atoms with E-state index < -0.39 is 11.9 Å². The third kappa shape index (κ3) is 4.49. The highest BCUT2D eigenvalue weighted by Crippen LogP contribution is 2.24. The normalized spacial score (nSPS) is 10.9. The number of amides is 1. The van der Waals surface area contributed by atoms with Gasteiger partial charge in [0.25, 0.3) is 0 Å². The summed E-state index contributed by atoms with van der Waals surface area (Å²) in [5.41, 5.74) is 3.46. The van der Waals surface area contributed by atoms with Crippen LogP contribution in [0, 0.1) is 0 Å². The number of hydrogen-bond donors (Lipinski definition) is 0. The summed E-state index contributed by atoms with van der Waals surface area (Å²) in [6.45, 7) is 0.285. The molecule has 6 heteroatoms. The molecule has 0 unspecified atom stereocenters. The van der Waals surface area contributed by atoms with Gasteiger partial charge in [-0.2, -0.15) is 5.10 Å². The number of aliphatic carboxylic acids is 1. The number of carboxylic acids is 1. The van der Waals surface area contributed by atoms with Gasteiger partial charge in [0.05, 0.1) is 17.4 Å². The Hall–Kier alpha value is -3.67. The molecule has 0 bridgehead atoms. The Morgan fingerprint density at radius 2 is 1.67 bits per heavy atom. The molecular formula is C21H18N3O3-. The van der Waals surface area contributed by atoms with Crippen LogP contribution in [0.15, 0.2) is 79.0 Å². The Morgan fingerprint density at radius 3 is 2.30 bits per heavy atom. The van der Waals surface area contributed by atoms with Crippen molar-refractivity contribution in [3.05, 3.63) is 84.6 Å². The average molecular weight is 360 g/mol. The molecular weight excluding hydrogens is 342 g/mol. The Labute approximate surface area is 157 Å². The van der Waals surface area contributed by atoms with Crippen molar-refractivity contribution in [3.8, 4) is 16.9 Å². The lowest BCUT2D eigenvalue weighted by Gasteiger charge is -2.15. The number of hydrogen-bond acceptors (Lipinski definition) is 4. The zero-order valence-corrected chi connectivity index (χ0v) is 14.8. The van der Waals surface area contributed by atoms with Gasteiger partial charge in [0.2, 0.25) is 5.91 Å². The zero-order chi connectivity index (χ0) is 19.2. The molecule has 2 aromatic carbocycles. The number of benzene rings is 2. The van der Waals surface area contributed by atoms with Crippen LogP contribution in [0.2, 0.25) is 0 Å². The molecule has 0 fully saturated rings. The number of aromatic nitrogens is 2. The second-order valence-corrected chi connectivity index (χ2v) is 6.00. The van der Waals surface area contributed by atoms with Crippen LogP contribution in [0.4, 0.5) is 0 Å². The minimum atomic E-state index is -1.40.